The molecule has 0 aliphatic rings. The first-order valence-electron chi connectivity index (χ1n) is 12.4. The zero-order chi connectivity index (χ0) is 27.1. The molecule has 0 aromatic heterocycles. The third-order valence-corrected chi connectivity index (χ3v) is 6.08. The molecule has 208 valence electrons. The van der Waals surface area contributed by atoms with Gasteiger partial charge in [-0.1, -0.05) is 101 Å². The van der Waals surface area contributed by atoms with Crippen LogP contribution in [0.4, 0.5) is 16.9 Å². The summed E-state index contributed by atoms with van der Waals surface area (Å²) in [7, 11) is 0. The van der Waals surface area contributed by atoms with Crippen LogP contribution in [0.1, 0.15) is 84.0 Å². The molecule has 2 aromatic rings. The summed E-state index contributed by atoms with van der Waals surface area (Å²) >= 11 is -8.94. The van der Waals surface area contributed by atoms with Gasteiger partial charge in [-0.05, 0) is 52.8 Å². The van der Waals surface area contributed by atoms with Crippen LogP contribution in [-0.2, 0) is 0 Å². The van der Waals surface area contributed by atoms with E-state index in [1.54, 1.807) is 0 Å². The minimum atomic E-state index is -11.2. The van der Waals surface area contributed by atoms with Crippen molar-refractivity contribution in [3.05, 3.63) is 52.1 Å². The Balaban J connectivity index is 0.000000809. The molecular formula is C26H37F6IO2Sb-. The third kappa shape index (κ3) is 20.4. The number of hydrogen-bond acceptors (Lipinski definition) is 2. The number of benzene rings is 2. The Hall–Kier alpha value is -0.672. The number of hydrogen-bond donors (Lipinski definition) is 1. The zero-order valence-electron chi connectivity index (χ0n) is 20.6. The topological polar surface area (TPSA) is 29.5 Å². The Labute approximate surface area is 226 Å². The molecule has 2 rings (SSSR count). The van der Waals surface area contributed by atoms with Crippen molar-refractivity contribution in [3.63, 3.8) is 0 Å². The van der Waals surface area contributed by atoms with Gasteiger partial charge in [0, 0.05) is 15.6 Å². The van der Waals surface area contributed by atoms with Crippen molar-refractivity contribution in [2.24, 2.45) is 0 Å². The second kappa shape index (κ2) is 15.1. The predicted octanol–water partition coefficient (Wildman–Crippen LogP) is 10.5. The maximum atomic E-state index is 10.3. The molecule has 0 aliphatic heterocycles. The Bertz CT molecular complexity index is 865. The number of ether oxygens (including phenoxy) is 1. The normalized spacial score (nSPS) is 14.2. The molecular weight excluding hydrogens is 707 g/mol. The van der Waals surface area contributed by atoms with Gasteiger partial charge in [-0.15, -0.1) is 0 Å². The van der Waals surface area contributed by atoms with Crippen molar-refractivity contribution in [1.82, 2.24) is 0 Å². The number of aliphatic hydroxyl groups excluding tert-OH is 1. The fourth-order valence-electron chi connectivity index (χ4n) is 3.63. The van der Waals surface area contributed by atoms with Gasteiger partial charge in [-0.25, -0.2) is 0 Å². The summed E-state index contributed by atoms with van der Waals surface area (Å²) in [4.78, 5) is 0. The van der Waals surface area contributed by atoms with Gasteiger partial charge in [0.15, 0.2) is 6.29 Å². The molecule has 36 heavy (non-hydrogen) atoms. The van der Waals surface area contributed by atoms with Crippen molar-refractivity contribution < 1.29 is 26.7 Å². The van der Waals surface area contributed by atoms with Crippen LogP contribution in [0.5, 0.6) is 5.75 Å². The van der Waals surface area contributed by atoms with E-state index in [2.05, 4.69) is 53.8 Å². The van der Waals surface area contributed by atoms with Crippen molar-refractivity contribution in [3.8, 4) is 16.9 Å². The van der Waals surface area contributed by atoms with E-state index in [0.29, 0.717) is 6.42 Å². The van der Waals surface area contributed by atoms with Gasteiger partial charge in [-0.2, -0.15) is 0 Å². The fourth-order valence-corrected chi connectivity index (χ4v) is 3.99. The van der Waals surface area contributed by atoms with Gasteiger partial charge in [0.1, 0.15) is 5.75 Å². The van der Waals surface area contributed by atoms with Gasteiger partial charge in [0.25, 0.3) is 0 Å². The Morgan fingerprint density at radius 3 is 1.67 bits per heavy atom. The Morgan fingerprint density at radius 2 is 1.17 bits per heavy atom. The summed E-state index contributed by atoms with van der Waals surface area (Å²) in [6.07, 6.45) is 14.4. The van der Waals surface area contributed by atoms with Gasteiger partial charge >= 0.3 is 36.4 Å². The molecule has 2 nitrogen and oxygen atoms in total. The summed E-state index contributed by atoms with van der Waals surface area (Å²) in [5.74, 6) is 0.754. The average molecular weight is 744 g/mol. The van der Waals surface area contributed by atoms with Crippen molar-refractivity contribution in [2.45, 2.75) is 90.3 Å². The van der Waals surface area contributed by atoms with Crippen LogP contribution in [0, 0.1) is 3.57 Å². The van der Waals surface area contributed by atoms with E-state index in [1.807, 2.05) is 24.3 Å². The SMILES string of the molecule is CCCCCCCCCCCCCC(O)Oc1ccccc1-c1ccc(I)cc1.[F][Sb-]([F])([F])([F])([F])[F]. The van der Waals surface area contributed by atoms with Gasteiger partial charge in [0.05, 0.1) is 0 Å². The van der Waals surface area contributed by atoms with Crippen LogP contribution in [0.3, 0.4) is 0 Å². The van der Waals surface area contributed by atoms with Crippen LogP contribution in [0.2, 0.25) is 0 Å². The number of rotatable bonds is 15. The first-order chi connectivity index (χ1) is 16.7. The number of halogens is 7. The first kappa shape index (κ1) is 33.4. The summed E-state index contributed by atoms with van der Waals surface area (Å²) in [6, 6.07) is 16.3. The molecule has 0 amide bonds. The van der Waals surface area contributed by atoms with E-state index < -0.39 is 25.8 Å². The standard InChI is InChI=1S/C26H37IO2.6FH.Sb/c1-2-3-4-5-6-7-8-9-10-11-12-17-26(28)29-25-16-14-13-15-24(25)22-18-20-23(27)21-19-22;;;;;;;/h13-16,18-21,26,28H,2-12,17H2,1H3;6*1H;/q;;;;;;;+5/p-6. The van der Waals surface area contributed by atoms with Crippen molar-refractivity contribution in [1.29, 1.82) is 0 Å². The van der Waals surface area contributed by atoms with E-state index in [9.17, 15) is 22.0 Å². The summed E-state index contributed by atoms with van der Waals surface area (Å²) < 4.78 is 66.6. The van der Waals surface area contributed by atoms with Gasteiger partial charge < -0.3 is 9.84 Å². The first-order valence-corrected chi connectivity index (χ1v) is 19.3. The quantitative estimate of drug-likeness (QED) is 0.0647. The third-order valence-electron chi connectivity index (χ3n) is 5.36. The Morgan fingerprint density at radius 1 is 0.722 bits per heavy atom. The molecule has 0 spiro atoms. The molecule has 0 bridgehead atoms. The fraction of sp³-hybridized carbons (Fsp3) is 0.538. The molecule has 10 heteroatoms. The average Bonchev–Trinajstić information content (AvgIpc) is 2.76. The van der Waals surface area contributed by atoms with Crippen molar-refractivity contribution >= 4 is 42.1 Å². The number of unbranched alkanes of at least 4 members (excludes halogenated alkanes) is 10. The molecule has 0 radical (unpaired) electrons. The molecule has 0 heterocycles. The van der Waals surface area contributed by atoms with Crippen LogP contribution in [-0.4, -0.2) is 30.9 Å². The molecule has 0 saturated carbocycles. The van der Waals surface area contributed by atoms with E-state index in [-0.39, 0.29) is 0 Å². The van der Waals surface area contributed by atoms with Crippen LogP contribution in [0.25, 0.3) is 11.1 Å². The van der Waals surface area contributed by atoms with E-state index in [1.165, 1.54) is 67.8 Å². The molecule has 0 aliphatic carbocycles. The van der Waals surface area contributed by atoms with Gasteiger partial charge in [0.2, 0.25) is 0 Å². The maximum absolute atomic E-state index is 11.2. The van der Waals surface area contributed by atoms with E-state index >= 15 is 0 Å². The molecule has 0 fully saturated rings. The summed E-state index contributed by atoms with van der Waals surface area (Å²) in [5, 5.41) is 10.3. The second-order valence-electron chi connectivity index (χ2n) is 8.86. The number of para-hydroxylation sites is 1. The second-order valence-corrected chi connectivity index (χ2v) is 15.6. The van der Waals surface area contributed by atoms with Crippen LogP contribution < -0.4 is 4.74 Å². The van der Waals surface area contributed by atoms with Crippen LogP contribution in [0.15, 0.2) is 48.5 Å². The zero-order valence-corrected chi connectivity index (χ0v) is 25.3. The van der Waals surface area contributed by atoms with Gasteiger partial charge in [-0.3, -0.25) is 0 Å². The molecule has 1 N–H and O–H groups in total. The predicted molar refractivity (Wildman–Crippen MR) is 145 cm³/mol. The number of aliphatic hydroxyl groups is 1. The molecule has 2 aromatic carbocycles. The monoisotopic (exact) mass is 743 g/mol. The molecule has 0 saturated heterocycles. The molecule has 1 atom stereocenters. The van der Waals surface area contributed by atoms with E-state index in [4.69, 9.17) is 4.74 Å². The Kier molecular flexibility index (Phi) is 13.9. The summed E-state index contributed by atoms with van der Waals surface area (Å²) in [6.45, 7) is 2.27. The minimum absolute atomic E-state index is 0.693. The summed E-state index contributed by atoms with van der Waals surface area (Å²) in [5.41, 5.74) is 2.14. The molecule has 1 unspecified atom stereocenters. The van der Waals surface area contributed by atoms with Crippen LogP contribution >= 0.6 is 22.6 Å². The van der Waals surface area contributed by atoms with Crippen molar-refractivity contribution in [2.75, 3.05) is 0 Å². The van der Waals surface area contributed by atoms with E-state index in [0.717, 1.165) is 23.3 Å².